The summed E-state index contributed by atoms with van der Waals surface area (Å²) in [6.07, 6.45) is 2.40. The number of rotatable bonds is 5. The number of nitrogens with two attached hydrogens (primary N) is 1. The van der Waals surface area contributed by atoms with E-state index in [-0.39, 0.29) is 0 Å². The molecule has 96 valence electrons. The van der Waals surface area contributed by atoms with Crippen molar-refractivity contribution in [1.29, 1.82) is 0 Å². The molecule has 4 N–H and O–H groups in total. The molecular weight excluding hydrogens is 232 g/mol. The summed E-state index contributed by atoms with van der Waals surface area (Å²) in [5.74, 6) is -1.21. The zero-order valence-corrected chi connectivity index (χ0v) is 9.98. The fraction of sp³-hybridized carbons (Fsp3) is 0.385. The molecule has 0 unspecified atom stereocenters. The van der Waals surface area contributed by atoms with E-state index in [1.807, 2.05) is 0 Å². The molecule has 5 nitrogen and oxygen atoms in total. The van der Waals surface area contributed by atoms with Crippen LogP contribution in [0.5, 0.6) is 0 Å². The zero-order valence-electron chi connectivity index (χ0n) is 9.98. The maximum Gasteiger partial charge on any atom is 0.311 e. The summed E-state index contributed by atoms with van der Waals surface area (Å²) in [5.41, 5.74) is 5.76. The number of primary amides is 1. The molecular formula is C13H16N2O3. The molecule has 0 spiro atoms. The summed E-state index contributed by atoms with van der Waals surface area (Å²) in [6, 6.07) is 6.71. The second-order valence-corrected chi connectivity index (χ2v) is 4.73. The van der Waals surface area contributed by atoms with Crippen LogP contribution in [0.15, 0.2) is 24.3 Å². The maximum atomic E-state index is 11.2. The van der Waals surface area contributed by atoms with E-state index in [2.05, 4.69) is 5.32 Å². The molecule has 0 radical (unpaired) electrons. The molecule has 1 aliphatic rings. The molecule has 0 saturated heterocycles. The molecule has 0 aromatic heterocycles. The number of benzene rings is 1. The van der Waals surface area contributed by atoms with Gasteiger partial charge >= 0.3 is 5.97 Å². The van der Waals surface area contributed by atoms with Crippen LogP contribution in [0.1, 0.15) is 29.6 Å². The van der Waals surface area contributed by atoms with Crippen molar-refractivity contribution in [2.24, 2.45) is 11.1 Å². The highest BCUT2D eigenvalue weighted by Crippen LogP contribution is 2.41. The van der Waals surface area contributed by atoms with Gasteiger partial charge in [-0.25, -0.2) is 0 Å². The van der Waals surface area contributed by atoms with Gasteiger partial charge in [-0.15, -0.1) is 0 Å². The summed E-state index contributed by atoms with van der Waals surface area (Å²) >= 11 is 0. The Morgan fingerprint density at radius 3 is 2.28 bits per heavy atom. The van der Waals surface area contributed by atoms with Gasteiger partial charge in [-0.2, -0.15) is 0 Å². The van der Waals surface area contributed by atoms with Gasteiger partial charge in [0.2, 0.25) is 5.91 Å². The van der Waals surface area contributed by atoms with E-state index in [1.165, 1.54) is 0 Å². The molecule has 1 fully saturated rings. The molecule has 1 aliphatic carbocycles. The highest BCUT2D eigenvalue weighted by Gasteiger charge is 2.44. The number of amides is 1. The van der Waals surface area contributed by atoms with E-state index in [0.717, 1.165) is 12.1 Å². The Bertz CT molecular complexity index is 464. The monoisotopic (exact) mass is 248 g/mol. The van der Waals surface area contributed by atoms with Crippen LogP contribution in [-0.2, 0) is 4.79 Å². The number of hydrogen-bond donors (Lipinski definition) is 3. The molecule has 0 bridgehead atoms. The van der Waals surface area contributed by atoms with Crippen molar-refractivity contribution in [3.63, 3.8) is 0 Å². The SMILES string of the molecule is NC(=O)c1ccc(NCC2(C(=O)O)CCC2)cc1. The Hall–Kier alpha value is -2.04. The number of carbonyl (C=O) groups is 2. The first-order valence-electron chi connectivity index (χ1n) is 5.91. The van der Waals surface area contributed by atoms with Crippen molar-refractivity contribution in [1.82, 2.24) is 0 Å². The van der Waals surface area contributed by atoms with Gasteiger partial charge in [0.05, 0.1) is 5.41 Å². The van der Waals surface area contributed by atoms with Crippen LogP contribution in [0.4, 0.5) is 5.69 Å². The number of carbonyl (C=O) groups excluding carboxylic acids is 1. The molecule has 5 heteroatoms. The molecule has 0 atom stereocenters. The topological polar surface area (TPSA) is 92.4 Å². The summed E-state index contributed by atoms with van der Waals surface area (Å²) in [5, 5.41) is 12.3. The normalized spacial score (nSPS) is 16.7. The number of aliphatic carboxylic acids is 1. The molecule has 1 saturated carbocycles. The smallest absolute Gasteiger partial charge is 0.311 e. The lowest BCUT2D eigenvalue weighted by molar-refractivity contribution is -0.153. The van der Waals surface area contributed by atoms with Gasteiger partial charge in [0.15, 0.2) is 0 Å². The lowest BCUT2D eigenvalue weighted by Crippen LogP contribution is -2.43. The fourth-order valence-electron chi connectivity index (χ4n) is 2.09. The largest absolute Gasteiger partial charge is 0.481 e. The van der Waals surface area contributed by atoms with E-state index in [4.69, 9.17) is 5.73 Å². The minimum absolute atomic E-state index is 0.415. The van der Waals surface area contributed by atoms with Gasteiger partial charge in [0.25, 0.3) is 0 Å². The fourth-order valence-corrected chi connectivity index (χ4v) is 2.09. The first kappa shape index (κ1) is 12.4. The maximum absolute atomic E-state index is 11.2. The van der Waals surface area contributed by atoms with Crippen LogP contribution >= 0.6 is 0 Å². The average Bonchev–Trinajstić information content (AvgIpc) is 2.27. The third kappa shape index (κ3) is 2.30. The van der Waals surface area contributed by atoms with Crippen LogP contribution in [0.2, 0.25) is 0 Å². The molecule has 18 heavy (non-hydrogen) atoms. The van der Waals surface area contributed by atoms with Gasteiger partial charge in [-0.05, 0) is 37.1 Å². The van der Waals surface area contributed by atoms with Crippen LogP contribution in [-0.4, -0.2) is 23.5 Å². The summed E-state index contributed by atoms with van der Waals surface area (Å²) in [4.78, 5) is 22.1. The molecule has 1 amide bonds. The first-order chi connectivity index (χ1) is 8.53. The Morgan fingerprint density at radius 2 is 1.89 bits per heavy atom. The van der Waals surface area contributed by atoms with Crippen molar-refractivity contribution in [3.8, 4) is 0 Å². The molecule has 0 aliphatic heterocycles. The minimum Gasteiger partial charge on any atom is -0.481 e. The van der Waals surface area contributed by atoms with Crippen molar-refractivity contribution in [3.05, 3.63) is 29.8 Å². The van der Waals surface area contributed by atoms with E-state index in [0.29, 0.717) is 24.9 Å². The van der Waals surface area contributed by atoms with Crippen molar-refractivity contribution >= 4 is 17.6 Å². The second-order valence-electron chi connectivity index (χ2n) is 4.73. The number of hydrogen-bond acceptors (Lipinski definition) is 3. The Morgan fingerprint density at radius 1 is 1.28 bits per heavy atom. The number of nitrogens with one attached hydrogen (secondary N) is 1. The molecule has 0 heterocycles. The highest BCUT2D eigenvalue weighted by atomic mass is 16.4. The first-order valence-corrected chi connectivity index (χ1v) is 5.91. The quantitative estimate of drug-likeness (QED) is 0.735. The van der Waals surface area contributed by atoms with Crippen LogP contribution < -0.4 is 11.1 Å². The summed E-state index contributed by atoms with van der Waals surface area (Å²) in [6.45, 7) is 0.415. The van der Waals surface area contributed by atoms with Crippen molar-refractivity contribution in [2.45, 2.75) is 19.3 Å². The van der Waals surface area contributed by atoms with Gasteiger partial charge in [-0.3, -0.25) is 9.59 Å². The zero-order chi connectivity index (χ0) is 13.2. The predicted octanol–water partition coefficient (Wildman–Crippen LogP) is 1.45. The van der Waals surface area contributed by atoms with E-state index >= 15 is 0 Å². The van der Waals surface area contributed by atoms with E-state index in [1.54, 1.807) is 24.3 Å². The number of carboxylic acid groups (broad SMARTS) is 1. The van der Waals surface area contributed by atoms with E-state index in [9.17, 15) is 14.7 Å². The Kier molecular flexibility index (Phi) is 3.23. The van der Waals surface area contributed by atoms with Gasteiger partial charge < -0.3 is 16.2 Å². The molecule has 1 aromatic rings. The summed E-state index contributed by atoms with van der Waals surface area (Å²) < 4.78 is 0. The lowest BCUT2D eigenvalue weighted by Gasteiger charge is -2.37. The minimum atomic E-state index is -0.741. The van der Waals surface area contributed by atoms with Crippen LogP contribution in [0, 0.1) is 5.41 Å². The van der Waals surface area contributed by atoms with Gasteiger partial charge in [0.1, 0.15) is 0 Å². The third-order valence-electron chi connectivity index (χ3n) is 3.56. The van der Waals surface area contributed by atoms with Crippen molar-refractivity contribution < 1.29 is 14.7 Å². The molecule has 1 aromatic carbocycles. The Labute approximate surface area is 105 Å². The van der Waals surface area contributed by atoms with Crippen molar-refractivity contribution in [2.75, 3.05) is 11.9 Å². The average molecular weight is 248 g/mol. The van der Waals surface area contributed by atoms with Crippen LogP contribution in [0.25, 0.3) is 0 Å². The molecule has 2 rings (SSSR count). The van der Waals surface area contributed by atoms with Gasteiger partial charge in [-0.1, -0.05) is 6.42 Å². The highest BCUT2D eigenvalue weighted by molar-refractivity contribution is 5.93. The lowest BCUT2D eigenvalue weighted by atomic mass is 9.69. The number of anilines is 1. The summed E-state index contributed by atoms with van der Waals surface area (Å²) in [7, 11) is 0. The second kappa shape index (κ2) is 4.68. The number of carboxylic acids is 1. The van der Waals surface area contributed by atoms with Crippen LogP contribution in [0.3, 0.4) is 0 Å². The third-order valence-corrected chi connectivity index (χ3v) is 3.56. The van der Waals surface area contributed by atoms with Gasteiger partial charge in [0, 0.05) is 17.8 Å². The predicted molar refractivity (Wildman–Crippen MR) is 67.4 cm³/mol. The van der Waals surface area contributed by atoms with E-state index < -0.39 is 17.3 Å². The Balaban J connectivity index is 1.98. The standard InChI is InChI=1S/C13H16N2O3/c14-11(16)9-2-4-10(5-3-9)15-8-13(12(17)18)6-1-7-13/h2-5,15H,1,6-8H2,(H2,14,16)(H,17,18).